The van der Waals surface area contributed by atoms with E-state index in [9.17, 15) is 9.59 Å². The maximum atomic E-state index is 12.7. The summed E-state index contributed by atoms with van der Waals surface area (Å²) in [6.07, 6.45) is 3.21. The molecule has 3 saturated heterocycles. The molecule has 0 radical (unpaired) electrons. The Balaban J connectivity index is 1.22. The molecular weight excluding hydrogens is 352 g/mol. The average Bonchev–Trinajstić information content (AvgIpc) is 3.37. The van der Waals surface area contributed by atoms with Crippen LogP contribution in [0.4, 0.5) is 0 Å². The minimum Gasteiger partial charge on any atom is -0.339 e. The van der Waals surface area contributed by atoms with Crippen LogP contribution in [0.5, 0.6) is 0 Å². The Morgan fingerprint density at radius 2 is 1.68 bits per heavy atom. The van der Waals surface area contributed by atoms with Crippen LogP contribution in [0.3, 0.4) is 0 Å². The maximum Gasteiger partial charge on any atom is 0.253 e. The van der Waals surface area contributed by atoms with Crippen molar-refractivity contribution in [3.05, 3.63) is 35.9 Å². The van der Waals surface area contributed by atoms with E-state index in [1.54, 1.807) is 0 Å². The fourth-order valence-corrected chi connectivity index (χ4v) is 4.88. The topological polar surface area (TPSA) is 47.1 Å². The van der Waals surface area contributed by atoms with Crippen molar-refractivity contribution in [1.29, 1.82) is 0 Å². The van der Waals surface area contributed by atoms with Gasteiger partial charge in [-0.05, 0) is 50.9 Å². The van der Waals surface area contributed by atoms with Crippen LogP contribution in [-0.2, 0) is 4.79 Å². The van der Waals surface area contributed by atoms with Crippen LogP contribution >= 0.6 is 0 Å². The molecule has 0 aliphatic carbocycles. The molecule has 0 spiro atoms. The number of hydrogen-bond donors (Lipinski definition) is 0. The number of nitrogens with zero attached hydrogens (tertiary/aromatic N) is 4. The molecular formula is C22H32N4O2. The van der Waals surface area contributed by atoms with Crippen LogP contribution in [0, 0.1) is 5.92 Å². The van der Waals surface area contributed by atoms with E-state index < -0.39 is 0 Å². The second-order valence-corrected chi connectivity index (χ2v) is 8.54. The van der Waals surface area contributed by atoms with Crippen molar-refractivity contribution in [3.63, 3.8) is 0 Å². The van der Waals surface area contributed by atoms with E-state index in [0.717, 1.165) is 77.2 Å². The zero-order chi connectivity index (χ0) is 19.5. The first-order chi connectivity index (χ1) is 13.6. The molecule has 3 aliphatic rings. The summed E-state index contributed by atoms with van der Waals surface area (Å²) in [5, 5.41) is 0. The first-order valence-corrected chi connectivity index (χ1v) is 10.7. The standard InChI is InChI=1S/C22H32N4O2/c1-23-10-5-8-20(23)22(28)25-14-12-24(13-15-25)16-18-9-11-26(17-18)21(27)19-6-3-2-4-7-19/h2-4,6-7,18,20H,5,8-17H2,1H3/t18-,20+/m0/s1. The maximum absolute atomic E-state index is 12.7. The molecule has 3 aliphatic heterocycles. The zero-order valence-electron chi connectivity index (χ0n) is 16.9. The first-order valence-electron chi connectivity index (χ1n) is 10.7. The summed E-state index contributed by atoms with van der Waals surface area (Å²) in [6.45, 7) is 7.34. The van der Waals surface area contributed by atoms with Gasteiger partial charge in [0.15, 0.2) is 0 Å². The van der Waals surface area contributed by atoms with E-state index in [4.69, 9.17) is 0 Å². The summed E-state index contributed by atoms with van der Waals surface area (Å²) < 4.78 is 0. The van der Waals surface area contributed by atoms with Crippen LogP contribution in [0.1, 0.15) is 29.6 Å². The normalized spacial score (nSPS) is 26.8. The van der Waals surface area contributed by atoms with Crippen molar-refractivity contribution in [3.8, 4) is 0 Å². The summed E-state index contributed by atoms with van der Waals surface area (Å²) in [4.78, 5) is 34.1. The minimum absolute atomic E-state index is 0.0962. The molecule has 0 bridgehead atoms. The van der Waals surface area contributed by atoms with Gasteiger partial charge in [-0.2, -0.15) is 0 Å². The van der Waals surface area contributed by atoms with Gasteiger partial charge in [0.05, 0.1) is 6.04 Å². The number of benzene rings is 1. The van der Waals surface area contributed by atoms with Crippen LogP contribution < -0.4 is 0 Å². The number of hydrogen-bond acceptors (Lipinski definition) is 4. The Kier molecular flexibility index (Phi) is 5.97. The van der Waals surface area contributed by atoms with Gasteiger partial charge in [-0.3, -0.25) is 19.4 Å². The molecule has 3 heterocycles. The number of carbonyl (C=O) groups is 2. The van der Waals surface area contributed by atoms with Gasteiger partial charge >= 0.3 is 0 Å². The SMILES string of the molecule is CN1CCC[C@@H]1C(=O)N1CCN(C[C@@H]2CCN(C(=O)c3ccccc3)C2)CC1. The number of likely N-dealkylation sites (N-methyl/N-ethyl adjacent to an activating group) is 1. The van der Waals surface area contributed by atoms with Gasteiger partial charge in [0.1, 0.15) is 0 Å². The van der Waals surface area contributed by atoms with Crippen molar-refractivity contribution < 1.29 is 9.59 Å². The van der Waals surface area contributed by atoms with Gasteiger partial charge in [0.2, 0.25) is 5.91 Å². The van der Waals surface area contributed by atoms with Gasteiger partial charge in [0, 0.05) is 51.4 Å². The van der Waals surface area contributed by atoms with Crippen LogP contribution in [0.15, 0.2) is 30.3 Å². The molecule has 0 aromatic heterocycles. The lowest BCUT2D eigenvalue weighted by Gasteiger charge is -2.37. The Morgan fingerprint density at radius 1 is 0.929 bits per heavy atom. The van der Waals surface area contributed by atoms with Gasteiger partial charge in [-0.15, -0.1) is 0 Å². The number of amides is 2. The predicted octanol–water partition coefficient (Wildman–Crippen LogP) is 1.39. The lowest BCUT2D eigenvalue weighted by Crippen LogP contribution is -2.53. The number of piperazine rings is 1. The summed E-state index contributed by atoms with van der Waals surface area (Å²) in [5.74, 6) is 1.01. The summed E-state index contributed by atoms with van der Waals surface area (Å²) in [5.41, 5.74) is 0.784. The van der Waals surface area contributed by atoms with Crippen LogP contribution in [0.2, 0.25) is 0 Å². The highest BCUT2D eigenvalue weighted by Gasteiger charge is 2.34. The molecule has 6 nitrogen and oxygen atoms in total. The van der Waals surface area contributed by atoms with E-state index in [-0.39, 0.29) is 11.9 Å². The molecule has 1 aromatic rings. The first kappa shape index (κ1) is 19.4. The fraction of sp³-hybridized carbons (Fsp3) is 0.636. The summed E-state index contributed by atoms with van der Waals surface area (Å²) in [7, 11) is 2.06. The van der Waals surface area contributed by atoms with Crippen LogP contribution in [-0.4, -0.2) is 96.9 Å². The number of likely N-dealkylation sites (tertiary alicyclic amines) is 2. The minimum atomic E-state index is 0.0962. The molecule has 1 aromatic carbocycles. The predicted molar refractivity (Wildman–Crippen MR) is 109 cm³/mol. The highest BCUT2D eigenvalue weighted by Crippen LogP contribution is 2.22. The van der Waals surface area contributed by atoms with E-state index in [0.29, 0.717) is 11.8 Å². The van der Waals surface area contributed by atoms with E-state index >= 15 is 0 Å². The molecule has 28 heavy (non-hydrogen) atoms. The molecule has 0 unspecified atom stereocenters. The molecule has 4 rings (SSSR count). The van der Waals surface area contributed by atoms with Crippen molar-refractivity contribution >= 4 is 11.8 Å². The Labute approximate surface area is 168 Å². The Morgan fingerprint density at radius 3 is 2.36 bits per heavy atom. The monoisotopic (exact) mass is 384 g/mol. The molecule has 0 N–H and O–H groups in total. The van der Waals surface area contributed by atoms with Gasteiger partial charge < -0.3 is 9.80 Å². The molecule has 3 fully saturated rings. The van der Waals surface area contributed by atoms with E-state index in [1.165, 1.54) is 0 Å². The van der Waals surface area contributed by atoms with E-state index in [2.05, 4.69) is 21.7 Å². The van der Waals surface area contributed by atoms with Gasteiger partial charge in [-0.25, -0.2) is 0 Å². The third kappa shape index (κ3) is 4.23. The molecule has 6 heteroatoms. The lowest BCUT2D eigenvalue weighted by atomic mass is 10.1. The Hall–Kier alpha value is -1.92. The quantitative estimate of drug-likeness (QED) is 0.787. The van der Waals surface area contributed by atoms with E-state index in [1.807, 2.05) is 35.2 Å². The summed E-state index contributed by atoms with van der Waals surface area (Å²) >= 11 is 0. The second-order valence-electron chi connectivity index (χ2n) is 8.54. The molecule has 0 saturated carbocycles. The largest absolute Gasteiger partial charge is 0.339 e. The van der Waals surface area contributed by atoms with Crippen molar-refractivity contribution in [2.24, 2.45) is 5.92 Å². The van der Waals surface area contributed by atoms with Gasteiger partial charge in [-0.1, -0.05) is 18.2 Å². The highest BCUT2D eigenvalue weighted by molar-refractivity contribution is 5.94. The Bertz CT molecular complexity index is 687. The van der Waals surface area contributed by atoms with Crippen LogP contribution in [0.25, 0.3) is 0 Å². The summed E-state index contributed by atoms with van der Waals surface area (Å²) in [6, 6.07) is 9.68. The number of carbonyl (C=O) groups excluding carboxylic acids is 2. The zero-order valence-corrected chi connectivity index (χ0v) is 16.9. The fourth-order valence-electron chi connectivity index (χ4n) is 4.88. The third-order valence-electron chi connectivity index (χ3n) is 6.60. The van der Waals surface area contributed by atoms with Crippen molar-refractivity contribution in [1.82, 2.24) is 19.6 Å². The third-order valence-corrected chi connectivity index (χ3v) is 6.60. The smallest absolute Gasteiger partial charge is 0.253 e. The van der Waals surface area contributed by atoms with Crippen molar-refractivity contribution in [2.75, 3.05) is 59.4 Å². The number of rotatable bonds is 4. The van der Waals surface area contributed by atoms with Crippen molar-refractivity contribution in [2.45, 2.75) is 25.3 Å². The molecule has 2 atom stereocenters. The van der Waals surface area contributed by atoms with Gasteiger partial charge in [0.25, 0.3) is 5.91 Å². The second kappa shape index (κ2) is 8.62. The molecule has 2 amide bonds. The average molecular weight is 385 g/mol. The molecule has 152 valence electrons. The highest BCUT2D eigenvalue weighted by atomic mass is 16.2. The lowest BCUT2D eigenvalue weighted by molar-refractivity contribution is -0.137.